The van der Waals surface area contributed by atoms with Crippen LogP contribution in [0.3, 0.4) is 0 Å². The lowest BCUT2D eigenvalue weighted by atomic mass is 10.1. The fourth-order valence-corrected chi connectivity index (χ4v) is 2.38. The Morgan fingerprint density at radius 3 is 2.83 bits per heavy atom. The Morgan fingerprint density at radius 2 is 2.22 bits per heavy atom. The minimum atomic E-state index is -0.956. The number of carboxylic acid groups (broad SMARTS) is 1. The molecule has 94 valence electrons. The number of hydrogen-bond acceptors (Lipinski definition) is 4. The number of hydrogen-bond donors (Lipinski definition) is 2. The third-order valence-corrected chi connectivity index (χ3v) is 3.52. The van der Waals surface area contributed by atoms with Crippen LogP contribution in [0.1, 0.15) is 15.9 Å². The molecule has 7 heteroatoms. The molecule has 2 aromatic rings. The summed E-state index contributed by atoms with van der Waals surface area (Å²) in [5.74, 6) is -0.511. The van der Waals surface area contributed by atoms with Crippen molar-refractivity contribution in [3.05, 3.63) is 45.9 Å². The Bertz CT molecular complexity index is 632. The summed E-state index contributed by atoms with van der Waals surface area (Å²) in [5.41, 5.74) is 0.681. The van der Waals surface area contributed by atoms with Gasteiger partial charge in [-0.2, -0.15) is 0 Å². The largest absolute Gasteiger partial charge is 0.478 e. The SMILES string of the molecule is Cn1c(SCc2ccccc2C(=O)O)n[nH]c1=O. The molecule has 0 aliphatic heterocycles. The Kier molecular flexibility index (Phi) is 3.52. The van der Waals surface area contributed by atoms with E-state index in [9.17, 15) is 9.59 Å². The summed E-state index contributed by atoms with van der Waals surface area (Å²) in [6.07, 6.45) is 0. The van der Waals surface area contributed by atoms with E-state index < -0.39 is 5.97 Å². The van der Waals surface area contributed by atoms with Crippen LogP contribution in [-0.2, 0) is 12.8 Å². The molecular weight excluding hydrogens is 254 g/mol. The van der Waals surface area contributed by atoms with Gasteiger partial charge >= 0.3 is 11.7 Å². The van der Waals surface area contributed by atoms with Crippen LogP contribution in [0.4, 0.5) is 0 Å². The molecule has 0 atom stereocenters. The van der Waals surface area contributed by atoms with E-state index >= 15 is 0 Å². The number of benzene rings is 1. The molecule has 1 aromatic heterocycles. The van der Waals surface area contributed by atoms with Crippen LogP contribution < -0.4 is 5.69 Å². The quantitative estimate of drug-likeness (QED) is 0.808. The van der Waals surface area contributed by atoms with E-state index in [1.54, 1.807) is 31.3 Å². The molecule has 0 saturated heterocycles. The molecule has 0 amide bonds. The smallest absolute Gasteiger partial charge is 0.343 e. The predicted octanol–water partition coefficient (Wildman–Crippen LogP) is 1.10. The van der Waals surface area contributed by atoms with Gasteiger partial charge < -0.3 is 5.11 Å². The molecule has 0 bridgehead atoms. The van der Waals surface area contributed by atoms with Crippen molar-refractivity contribution < 1.29 is 9.90 Å². The highest BCUT2D eigenvalue weighted by atomic mass is 32.2. The van der Waals surface area contributed by atoms with Gasteiger partial charge in [0.15, 0.2) is 5.16 Å². The van der Waals surface area contributed by atoms with E-state index in [0.29, 0.717) is 16.5 Å². The van der Waals surface area contributed by atoms with Gasteiger partial charge in [-0.05, 0) is 11.6 Å². The molecule has 0 unspecified atom stereocenters. The highest BCUT2D eigenvalue weighted by Crippen LogP contribution is 2.21. The van der Waals surface area contributed by atoms with E-state index in [1.165, 1.54) is 16.3 Å². The monoisotopic (exact) mass is 265 g/mol. The van der Waals surface area contributed by atoms with Crippen molar-refractivity contribution in [1.29, 1.82) is 0 Å². The minimum Gasteiger partial charge on any atom is -0.478 e. The number of nitrogens with zero attached hydrogens (tertiary/aromatic N) is 2. The standard InChI is InChI=1S/C11H11N3O3S/c1-14-10(17)12-13-11(14)18-6-7-4-2-3-5-8(7)9(15)16/h2-5H,6H2,1H3,(H,12,17)(H,15,16). The van der Waals surface area contributed by atoms with E-state index in [4.69, 9.17) is 5.11 Å². The lowest BCUT2D eigenvalue weighted by Crippen LogP contribution is -2.12. The van der Waals surface area contributed by atoms with Crippen LogP contribution in [0.5, 0.6) is 0 Å². The lowest BCUT2D eigenvalue weighted by Gasteiger charge is -2.04. The van der Waals surface area contributed by atoms with Gasteiger partial charge in [-0.1, -0.05) is 30.0 Å². The zero-order valence-electron chi connectivity index (χ0n) is 9.58. The summed E-state index contributed by atoms with van der Waals surface area (Å²) in [6, 6.07) is 6.77. The van der Waals surface area contributed by atoms with Crippen molar-refractivity contribution in [2.24, 2.45) is 7.05 Å². The molecule has 2 N–H and O–H groups in total. The molecule has 1 heterocycles. The zero-order chi connectivity index (χ0) is 13.1. The van der Waals surface area contributed by atoms with Crippen molar-refractivity contribution in [2.75, 3.05) is 0 Å². The van der Waals surface area contributed by atoms with Crippen molar-refractivity contribution in [1.82, 2.24) is 14.8 Å². The lowest BCUT2D eigenvalue weighted by molar-refractivity contribution is 0.0696. The van der Waals surface area contributed by atoms with Gasteiger partial charge in [0.05, 0.1) is 5.56 Å². The van der Waals surface area contributed by atoms with Crippen molar-refractivity contribution in [3.8, 4) is 0 Å². The van der Waals surface area contributed by atoms with Gasteiger partial charge in [0.2, 0.25) is 0 Å². The summed E-state index contributed by atoms with van der Waals surface area (Å²) in [6.45, 7) is 0. The maximum atomic E-state index is 11.2. The average Bonchev–Trinajstić information content (AvgIpc) is 2.68. The van der Waals surface area contributed by atoms with Crippen LogP contribution in [0.15, 0.2) is 34.2 Å². The van der Waals surface area contributed by atoms with Gasteiger partial charge in [0, 0.05) is 12.8 Å². The first kappa shape index (κ1) is 12.4. The van der Waals surface area contributed by atoms with Crippen molar-refractivity contribution >= 4 is 17.7 Å². The molecule has 6 nitrogen and oxygen atoms in total. The number of rotatable bonds is 4. The second kappa shape index (κ2) is 5.09. The van der Waals surface area contributed by atoms with Gasteiger partial charge in [-0.3, -0.25) is 4.57 Å². The normalized spacial score (nSPS) is 10.5. The molecule has 1 aromatic carbocycles. The van der Waals surface area contributed by atoms with Crippen LogP contribution in [0.2, 0.25) is 0 Å². The molecule has 0 spiro atoms. The van der Waals surface area contributed by atoms with E-state index in [0.717, 1.165) is 0 Å². The first-order chi connectivity index (χ1) is 8.59. The highest BCUT2D eigenvalue weighted by Gasteiger charge is 2.11. The second-order valence-corrected chi connectivity index (χ2v) is 4.56. The van der Waals surface area contributed by atoms with Crippen LogP contribution in [-0.4, -0.2) is 25.8 Å². The zero-order valence-corrected chi connectivity index (χ0v) is 10.4. The molecule has 0 saturated carbocycles. The topological polar surface area (TPSA) is 88.0 Å². The number of aromatic carboxylic acids is 1. The number of H-pyrrole nitrogens is 1. The number of aromatic nitrogens is 3. The summed E-state index contributed by atoms with van der Waals surface area (Å²) >= 11 is 1.31. The van der Waals surface area contributed by atoms with Crippen molar-refractivity contribution in [3.63, 3.8) is 0 Å². The third kappa shape index (κ3) is 2.45. The molecule has 18 heavy (non-hydrogen) atoms. The van der Waals surface area contributed by atoms with Gasteiger partial charge in [0.25, 0.3) is 0 Å². The first-order valence-electron chi connectivity index (χ1n) is 5.15. The maximum absolute atomic E-state index is 11.2. The Hall–Kier alpha value is -2.02. The van der Waals surface area contributed by atoms with E-state index in [2.05, 4.69) is 10.2 Å². The summed E-state index contributed by atoms with van der Waals surface area (Å²) in [4.78, 5) is 22.2. The van der Waals surface area contributed by atoms with Gasteiger partial charge in [0.1, 0.15) is 0 Å². The van der Waals surface area contributed by atoms with Gasteiger partial charge in [-0.15, -0.1) is 5.10 Å². The third-order valence-electron chi connectivity index (χ3n) is 2.44. The second-order valence-electron chi connectivity index (χ2n) is 3.62. The first-order valence-corrected chi connectivity index (χ1v) is 6.13. The summed E-state index contributed by atoms with van der Waals surface area (Å²) < 4.78 is 1.38. The Balaban J connectivity index is 2.18. The fourth-order valence-electron chi connectivity index (χ4n) is 1.46. The van der Waals surface area contributed by atoms with Crippen LogP contribution >= 0.6 is 11.8 Å². The number of thioether (sulfide) groups is 1. The van der Waals surface area contributed by atoms with Crippen LogP contribution in [0, 0.1) is 0 Å². The molecule has 2 rings (SSSR count). The number of aromatic amines is 1. The molecule has 0 aliphatic carbocycles. The molecule has 0 radical (unpaired) electrons. The van der Waals surface area contributed by atoms with E-state index in [1.807, 2.05) is 0 Å². The molecular formula is C11H11N3O3S. The minimum absolute atomic E-state index is 0.269. The average molecular weight is 265 g/mol. The highest BCUT2D eigenvalue weighted by molar-refractivity contribution is 7.98. The van der Waals surface area contributed by atoms with E-state index in [-0.39, 0.29) is 11.3 Å². The molecule has 0 fully saturated rings. The number of nitrogens with one attached hydrogen (secondary N) is 1. The Morgan fingerprint density at radius 1 is 1.50 bits per heavy atom. The fraction of sp³-hybridized carbons (Fsp3) is 0.182. The Labute approximate surface area is 107 Å². The van der Waals surface area contributed by atoms with Crippen molar-refractivity contribution in [2.45, 2.75) is 10.9 Å². The van der Waals surface area contributed by atoms with Crippen LogP contribution in [0.25, 0.3) is 0 Å². The number of carboxylic acids is 1. The predicted molar refractivity (Wildman–Crippen MR) is 66.8 cm³/mol. The summed E-state index contributed by atoms with van der Waals surface area (Å²) in [7, 11) is 1.61. The maximum Gasteiger partial charge on any atom is 0.343 e. The van der Waals surface area contributed by atoms with Gasteiger partial charge in [-0.25, -0.2) is 14.7 Å². The number of carbonyl (C=O) groups is 1. The molecule has 0 aliphatic rings. The summed E-state index contributed by atoms with van der Waals surface area (Å²) in [5, 5.41) is 15.7.